The summed E-state index contributed by atoms with van der Waals surface area (Å²) in [5.41, 5.74) is 0.895. The molecule has 11 heavy (non-hydrogen) atoms. The van der Waals surface area contributed by atoms with Gasteiger partial charge in [0, 0.05) is 5.92 Å². The minimum Gasteiger partial charge on any atom is -0.352 e. The summed E-state index contributed by atoms with van der Waals surface area (Å²) in [5.74, 6) is 0.814. The average Bonchev–Trinajstić information content (AvgIpc) is 2.77. The molecule has 0 radical (unpaired) electrons. The number of carbonyl (C=O) groups is 1. The van der Waals surface area contributed by atoms with E-state index < -0.39 is 0 Å². The highest BCUT2D eigenvalue weighted by Crippen LogP contribution is 2.43. The van der Waals surface area contributed by atoms with Gasteiger partial charge in [0.15, 0.2) is 6.29 Å². The summed E-state index contributed by atoms with van der Waals surface area (Å²) in [5, 5.41) is 3.80. The van der Waals surface area contributed by atoms with Gasteiger partial charge in [-0.15, -0.1) is 0 Å². The highest BCUT2D eigenvalue weighted by atomic mass is 79.9. The molecule has 1 saturated carbocycles. The molecule has 2 rings (SSSR count). The van der Waals surface area contributed by atoms with Crippen LogP contribution >= 0.6 is 15.9 Å². The quantitative estimate of drug-likeness (QED) is 0.711. The van der Waals surface area contributed by atoms with Crippen LogP contribution in [0.15, 0.2) is 9.00 Å². The molecular formula is C7H6BrNO2. The van der Waals surface area contributed by atoms with Gasteiger partial charge in [-0.05, 0) is 28.8 Å². The number of hydrogen-bond donors (Lipinski definition) is 0. The van der Waals surface area contributed by atoms with E-state index in [2.05, 4.69) is 21.1 Å². The normalized spacial score (nSPS) is 16.8. The first-order valence-corrected chi connectivity index (χ1v) is 4.22. The summed E-state index contributed by atoms with van der Waals surface area (Å²) in [4.78, 5) is 10.3. The zero-order valence-corrected chi connectivity index (χ0v) is 7.30. The lowest BCUT2D eigenvalue weighted by Gasteiger charge is -1.85. The first-order chi connectivity index (χ1) is 5.33. The lowest BCUT2D eigenvalue weighted by Crippen LogP contribution is -1.79. The minimum atomic E-state index is 0.298. The molecule has 0 spiro atoms. The summed E-state index contributed by atoms with van der Waals surface area (Å²) in [7, 11) is 0. The number of nitrogens with zero attached hydrogens (tertiary/aromatic N) is 1. The summed E-state index contributed by atoms with van der Waals surface area (Å²) in [6.07, 6.45) is 2.98. The van der Waals surface area contributed by atoms with Crippen molar-refractivity contribution in [2.45, 2.75) is 18.8 Å². The molecule has 0 atom stereocenters. The van der Waals surface area contributed by atoms with Gasteiger partial charge in [-0.1, -0.05) is 5.16 Å². The van der Waals surface area contributed by atoms with Gasteiger partial charge in [0.05, 0.1) is 4.47 Å². The maximum atomic E-state index is 10.3. The molecular weight excluding hydrogens is 210 g/mol. The fourth-order valence-electron chi connectivity index (χ4n) is 0.988. The Morgan fingerprint density at radius 2 is 2.36 bits per heavy atom. The molecule has 3 nitrogen and oxygen atoms in total. The van der Waals surface area contributed by atoms with Gasteiger partial charge in [-0.2, -0.15) is 0 Å². The molecule has 0 unspecified atom stereocenters. The van der Waals surface area contributed by atoms with Crippen LogP contribution in [0.2, 0.25) is 0 Å². The number of hydrogen-bond acceptors (Lipinski definition) is 3. The third kappa shape index (κ3) is 1.11. The minimum absolute atomic E-state index is 0.298. The van der Waals surface area contributed by atoms with Crippen molar-refractivity contribution in [1.82, 2.24) is 5.16 Å². The summed E-state index contributed by atoms with van der Waals surface area (Å²) in [6, 6.07) is 0. The lowest BCUT2D eigenvalue weighted by molar-refractivity contribution is 0.109. The molecule has 0 amide bonds. The molecule has 1 aliphatic carbocycles. The molecule has 0 aliphatic heterocycles. The standard InChI is InChI=1S/C7H6BrNO2/c8-6-5(3-10)11-9-7(6)4-1-2-4/h3-4H,1-2H2. The molecule has 0 aromatic carbocycles. The van der Waals surface area contributed by atoms with E-state index in [0.717, 1.165) is 23.0 Å². The Labute approximate surface area is 71.9 Å². The molecule has 1 fully saturated rings. The maximum absolute atomic E-state index is 10.3. The van der Waals surface area contributed by atoms with Crippen molar-refractivity contribution in [2.75, 3.05) is 0 Å². The number of halogens is 1. The second-order valence-corrected chi connectivity index (χ2v) is 3.43. The zero-order chi connectivity index (χ0) is 7.84. The van der Waals surface area contributed by atoms with Crippen molar-refractivity contribution in [3.63, 3.8) is 0 Å². The Bertz CT molecular complexity index is 291. The van der Waals surface area contributed by atoms with Crippen molar-refractivity contribution >= 4 is 22.2 Å². The van der Waals surface area contributed by atoms with Crippen molar-refractivity contribution in [1.29, 1.82) is 0 Å². The van der Waals surface area contributed by atoms with Crippen LogP contribution in [0.25, 0.3) is 0 Å². The van der Waals surface area contributed by atoms with Crippen LogP contribution in [0.4, 0.5) is 0 Å². The van der Waals surface area contributed by atoms with Crippen molar-refractivity contribution in [2.24, 2.45) is 0 Å². The Kier molecular flexibility index (Phi) is 1.56. The molecule has 0 bridgehead atoms. The van der Waals surface area contributed by atoms with Gasteiger partial charge in [0.2, 0.25) is 5.76 Å². The monoisotopic (exact) mass is 215 g/mol. The van der Waals surface area contributed by atoms with Crippen LogP contribution in [0.1, 0.15) is 35.0 Å². The summed E-state index contributed by atoms with van der Waals surface area (Å²) < 4.78 is 5.51. The second kappa shape index (κ2) is 2.44. The van der Waals surface area contributed by atoms with E-state index in [-0.39, 0.29) is 0 Å². The fourth-order valence-corrected chi connectivity index (χ4v) is 1.55. The number of aromatic nitrogens is 1. The van der Waals surface area contributed by atoms with Crippen LogP contribution in [-0.2, 0) is 0 Å². The Balaban J connectivity index is 2.40. The summed E-state index contributed by atoms with van der Waals surface area (Å²) in [6.45, 7) is 0. The van der Waals surface area contributed by atoms with E-state index in [9.17, 15) is 4.79 Å². The topological polar surface area (TPSA) is 43.1 Å². The van der Waals surface area contributed by atoms with E-state index >= 15 is 0 Å². The van der Waals surface area contributed by atoms with Gasteiger partial charge in [0.25, 0.3) is 0 Å². The Morgan fingerprint density at radius 1 is 1.64 bits per heavy atom. The van der Waals surface area contributed by atoms with Crippen LogP contribution in [-0.4, -0.2) is 11.4 Å². The maximum Gasteiger partial charge on any atom is 0.213 e. The van der Waals surface area contributed by atoms with Gasteiger partial charge in [-0.25, -0.2) is 0 Å². The number of carbonyl (C=O) groups excluding carboxylic acids is 1. The van der Waals surface area contributed by atoms with Crippen molar-refractivity contribution < 1.29 is 9.32 Å². The molecule has 4 heteroatoms. The first kappa shape index (κ1) is 7.03. The molecule has 1 aromatic heterocycles. The smallest absolute Gasteiger partial charge is 0.213 e. The highest BCUT2D eigenvalue weighted by Gasteiger charge is 2.30. The first-order valence-electron chi connectivity index (χ1n) is 3.43. The van der Waals surface area contributed by atoms with Crippen LogP contribution < -0.4 is 0 Å². The van der Waals surface area contributed by atoms with Gasteiger partial charge >= 0.3 is 0 Å². The second-order valence-electron chi connectivity index (χ2n) is 2.64. The third-order valence-electron chi connectivity index (χ3n) is 1.75. The van der Waals surface area contributed by atoms with E-state index in [4.69, 9.17) is 4.52 Å². The number of rotatable bonds is 2. The van der Waals surface area contributed by atoms with E-state index in [1.54, 1.807) is 0 Å². The zero-order valence-electron chi connectivity index (χ0n) is 5.71. The lowest BCUT2D eigenvalue weighted by atomic mass is 10.3. The largest absolute Gasteiger partial charge is 0.352 e. The Hall–Kier alpha value is -0.640. The molecule has 1 aliphatic rings. The predicted molar refractivity (Wildman–Crippen MR) is 41.6 cm³/mol. The van der Waals surface area contributed by atoms with Gasteiger partial charge < -0.3 is 4.52 Å². The molecule has 0 saturated heterocycles. The van der Waals surface area contributed by atoms with E-state index in [1.807, 2.05) is 0 Å². The molecule has 1 heterocycles. The Morgan fingerprint density at radius 3 is 2.82 bits per heavy atom. The molecule has 1 aromatic rings. The molecule has 58 valence electrons. The van der Waals surface area contributed by atoms with Crippen molar-refractivity contribution in [3.05, 3.63) is 15.9 Å². The SMILES string of the molecule is O=Cc1onc(C2CC2)c1Br. The van der Waals surface area contributed by atoms with Crippen LogP contribution in [0, 0.1) is 0 Å². The van der Waals surface area contributed by atoms with Crippen LogP contribution in [0.5, 0.6) is 0 Å². The highest BCUT2D eigenvalue weighted by molar-refractivity contribution is 9.10. The average molecular weight is 216 g/mol. The van der Waals surface area contributed by atoms with E-state index in [1.165, 1.54) is 0 Å². The van der Waals surface area contributed by atoms with Crippen molar-refractivity contribution in [3.8, 4) is 0 Å². The van der Waals surface area contributed by atoms with Gasteiger partial charge in [0.1, 0.15) is 5.69 Å². The van der Waals surface area contributed by atoms with Crippen LogP contribution in [0.3, 0.4) is 0 Å². The molecule has 0 N–H and O–H groups in total. The van der Waals surface area contributed by atoms with E-state index in [0.29, 0.717) is 18.0 Å². The van der Waals surface area contributed by atoms with Gasteiger partial charge in [-0.3, -0.25) is 4.79 Å². The summed E-state index contributed by atoms with van der Waals surface area (Å²) >= 11 is 3.26. The third-order valence-corrected chi connectivity index (χ3v) is 2.55. The fraction of sp³-hybridized carbons (Fsp3) is 0.429. The predicted octanol–water partition coefficient (Wildman–Crippen LogP) is 2.13. The number of aldehydes is 1.